The van der Waals surface area contributed by atoms with Gasteiger partial charge in [0.05, 0.1) is 0 Å². The van der Waals surface area contributed by atoms with E-state index in [0.717, 1.165) is 12.8 Å². The van der Waals surface area contributed by atoms with Gasteiger partial charge in [-0.1, -0.05) is 0 Å². The van der Waals surface area contributed by atoms with Crippen molar-refractivity contribution in [3.05, 3.63) is 6.42 Å². The molecule has 1 rings (SSSR count). The molecule has 2 nitrogen and oxygen atoms in total. The minimum absolute atomic E-state index is 0.164. The zero-order chi connectivity index (χ0) is 5.98. The highest BCUT2D eigenvalue weighted by molar-refractivity contribution is 5.66. The Balaban J connectivity index is 2.09. The first kappa shape index (κ1) is 5.60. The fourth-order valence-corrected chi connectivity index (χ4v) is 0.634. The number of hydrogen-bond acceptors (Lipinski definition) is 2. The molecule has 0 saturated heterocycles. The zero-order valence-electron chi connectivity index (χ0n) is 4.89. The van der Waals surface area contributed by atoms with Gasteiger partial charge in [0, 0.05) is 6.92 Å². The molecule has 0 spiro atoms. The topological polar surface area (TPSA) is 26.3 Å². The summed E-state index contributed by atoms with van der Waals surface area (Å²) in [6.45, 7) is 1.44. The molecule has 0 heterocycles. The molecular formula is C6H9O2. The number of hydrogen-bond donors (Lipinski definition) is 0. The van der Waals surface area contributed by atoms with E-state index in [2.05, 4.69) is 6.42 Å². The van der Waals surface area contributed by atoms with Crippen LogP contribution in [-0.2, 0) is 9.53 Å². The highest BCUT2D eigenvalue weighted by Gasteiger charge is 2.19. The van der Waals surface area contributed by atoms with E-state index in [-0.39, 0.29) is 12.1 Å². The highest BCUT2D eigenvalue weighted by Crippen LogP contribution is 2.20. The van der Waals surface area contributed by atoms with Gasteiger partial charge in [-0.15, -0.1) is 0 Å². The molecule has 8 heavy (non-hydrogen) atoms. The molecule has 0 atom stereocenters. The summed E-state index contributed by atoms with van der Waals surface area (Å²) >= 11 is 0. The molecule has 0 bridgehead atoms. The van der Waals surface area contributed by atoms with Gasteiger partial charge in [0.15, 0.2) is 0 Å². The molecule has 0 aromatic rings. The summed E-state index contributed by atoms with van der Waals surface area (Å²) in [6, 6.07) is 0. The Morgan fingerprint density at radius 2 is 2.38 bits per heavy atom. The molecule has 1 fully saturated rings. The van der Waals surface area contributed by atoms with Crippen molar-refractivity contribution in [3.63, 3.8) is 0 Å². The van der Waals surface area contributed by atoms with Gasteiger partial charge in [-0.25, -0.2) is 0 Å². The first-order valence-corrected chi connectivity index (χ1v) is 2.78. The second kappa shape index (κ2) is 2.16. The molecule has 1 saturated carbocycles. The molecule has 0 aromatic heterocycles. The quantitative estimate of drug-likeness (QED) is 0.472. The van der Waals surface area contributed by atoms with Gasteiger partial charge in [-0.3, -0.25) is 4.79 Å². The molecule has 2 heteroatoms. The molecule has 45 valence electrons. The van der Waals surface area contributed by atoms with E-state index in [1.807, 2.05) is 0 Å². The third-order valence-corrected chi connectivity index (χ3v) is 1.19. The molecule has 0 aromatic carbocycles. The fraction of sp³-hybridized carbons (Fsp3) is 0.667. The SMILES string of the molecule is CC(=O)OC1C[CH]C1. The molecule has 1 aliphatic rings. The monoisotopic (exact) mass is 113 g/mol. The molecule has 0 amide bonds. The van der Waals surface area contributed by atoms with Gasteiger partial charge in [0.1, 0.15) is 6.10 Å². The van der Waals surface area contributed by atoms with E-state index < -0.39 is 0 Å². The maximum absolute atomic E-state index is 10.2. The van der Waals surface area contributed by atoms with Crippen LogP contribution in [0.1, 0.15) is 19.8 Å². The fourth-order valence-electron chi connectivity index (χ4n) is 0.634. The van der Waals surface area contributed by atoms with Crippen molar-refractivity contribution in [1.29, 1.82) is 0 Å². The third-order valence-electron chi connectivity index (χ3n) is 1.19. The number of ether oxygens (including phenoxy) is 1. The van der Waals surface area contributed by atoms with Crippen LogP contribution < -0.4 is 0 Å². The minimum atomic E-state index is -0.164. The van der Waals surface area contributed by atoms with Crippen LogP contribution in [0.15, 0.2) is 0 Å². The lowest BCUT2D eigenvalue weighted by molar-refractivity contribution is -0.148. The van der Waals surface area contributed by atoms with Gasteiger partial charge >= 0.3 is 5.97 Å². The Hall–Kier alpha value is -0.530. The van der Waals surface area contributed by atoms with Gasteiger partial charge in [-0.05, 0) is 19.3 Å². The van der Waals surface area contributed by atoms with Crippen LogP contribution in [0, 0.1) is 6.42 Å². The van der Waals surface area contributed by atoms with Crippen molar-refractivity contribution in [2.24, 2.45) is 0 Å². The summed E-state index contributed by atoms with van der Waals surface area (Å²) in [5, 5.41) is 0. The lowest BCUT2D eigenvalue weighted by Crippen LogP contribution is -2.24. The third kappa shape index (κ3) is 1.22. The minimum Gasteiger partial charge on any atom is -0.463 e. The van der Waals surface area contributed by atoms with Crippen molar-refractivity contribution in [3.8, 4) is 0 Å². The van der Waals surface area contributed by atoms with Crippen LogP contribution in [0.2, 0.25) is 0 Å². The normalized spacial score (nSPS) is 19.6. The van der Waals surface area contributed by atoms with Gasteiger partial charge in [0.25, 0.3) is 0 Å². The number of carbonyl (C=O) groups is 1. The lowest BCUT2D eigenvalue weighted by Gasteiger charge is -2.23. The zero-order valence-corrected chi connectivity index (χ0v) is 4.89. The summed E-state index contributed by atoms with van der Waals surface area (Å²) in [7, 11) is 0. The molecule has 1 radical (unpaired) electrons. The first-order valence-electron chi connectivity index (χ1n) is 2.78. The number of esters is 1. The van der Waals surface area contributed by atoms with Gasteiger partial charge in [0.2, 0.25) is 0 Å². The maximum atomic E-state index is 10.2. The van der Waals surface area contributed by atoms with Crippen LogP contribution in [0.3, 0.4) is 0 Å². The number of carbonyl (C=O) groups excluding carboxylic acids is 1. The average molecular weight is 113 g/mol. The van der Waals surface area contributed by atoms with Gasteiger partial charge < -0.3 is 4.74 Å². The Kier molecular flexibility index (Phi) is 1.51. The predicted molar refractivity (Wildman–Crippen MR) is 29.1 cm³/mol. The van der Waals surface area contributed by atoms with Crippen LogP contribution in [0.4, 0.5) is 0 Å². The first-order chi connectivity index (χ1) is 3.79. The van der Waals surface area contributed by atoms with Crippen LogP contribution in [-0.4, -0.2) is 12.1 Å². The van der Waals surface area contributed by atoms with Crippen molar-refractivity contribution in [2.45, 2.75) is 25.9 Å². The second-order valence-electron chi connectivity index (χ2n) is 1.99. The van der Waals surface area contributed by atoms with E-state index in [9.17, 15) is 4.79 Å². The average Bonchev–Trinajstić information content (AvgIpc) is 1.55. The van der Waals surface area contributed by atoms with E-state index in [1.54, 1.807) is 0 Å². The molecule has 0 N–H and O–H groups in total. The Labute approximate surface area is 48.8 Å². The predicted octanol–water partition coefficient (Wildman–Crippen LogP) is 0.916. The second-order valence-corrected chi connectivity index (χ2v) is 1.99. The summed E-state index contributed by atoms with van der Waals surface area (Å²) in [4.78, 5) is 10.2. The van der Waals surface area contributed by atoms with Crippen molar-refractivity contribution in [1.82, 2.24) is 0 Å². The Morgan fingerprint density at radius 1 is 1.75 bits per heavy atom. The molecule has 1 aliphatic carbocycles. The van der Waals surface area contributed by atoms with E-state index in [1.165, 1.54) is 6.92 Å². The molecular weight excluding hydrogens is 104 g/mol. The Bertz CT molecular complexity index is 94.7. The van der Waals surface area contributed by atoms with Crippen molar-refractivity contribution >= 4 is 5.97 Å². The van der Waals surface area contributed by atoms with E-state index >= 15 is 0 Å². The smallest absolute Gasteiger partial charge is 0.302 e. The Morgan fingerprint density at radius 3 is 2.50 bits per heavy atom. The molecule has 0 unspecified atom stereocenters. The highest BCUT2D eigenvalue weighted by atomic mass is 16.5. The summed E-state index contributed by atoms with van der Waals surface area (Å²) in [5.41, 5.74) is 0. The largest absolute Gasteiger partial charge is 0.463 e. The number of rotatable bonds is 1. The summed E-state index contributed by atoms with van der Waals surface area (Å²) < 4.78 is 4.82. The van der Waals surface area contributed by atoms with Crippen LogP contribution in [0.25, 0.3) is 0 Å². The lowest BCUT2D eigenvalue weighted by atomic mass is 9.96. The van der Waals surface area contributed by atoms with E-state index in [0.29, 0.717) is 0 Å². The van der Waals surface area contributed by atoms with Crippen LogP contribution >= 0.6 is 0 Å². The maximum Gasteiger partial charge on any atom is 0.302 e. The van der Waals surface area contributed by atoms with Crippen molar-refractivity contribution in [2.75, 3.05) is 0 Å². The van der Waals surface area contributed by atoms with Crippen molar-refractivity contribution < 1.29 is 9.53 Å². The summed E-state index contributed by atoms with van der Waals surface area (Å²) in [5.74, 6) is -0.164. The van der Waals surface area contributed by atoms with Gasteiger partial charge in [-0.2, -0.15) is 0 Å². The standard InChI is InChI=1S/C6H9O2/c1-5(7)8-6-3-2-4-6/h2,6H,3-4H2,1H3. The summed E-state index contributed by atoms with van der Waals surface area (Å²) in [6.07, 6.45) is 4.19. The van der Waals surface area contributed by atoms with Crippen LogP contribution in [0.5, 0.6) is 0 Å². The van der Waals surface area contributed by atoms with E-state index in [4.69, 9.17) is 4.74 Å². The molecule has 0 aliphatic heterocycles.